The van der Waals surface area contributed by atoms with Crippen LogP contribution in [-0.2, 0) is 0 Å². The van der Waals surface area contributed by atoms with Crippen LogP contribution in [0.3, 0.4) is 0 Å². The van der Waals surface area contributed by atoms with Crippen LogP contribution in [0.4, 0.5) is 0 Å². The molecule has 1 atom stereocenters. The number of rotatable bonds is 5. The van der Waals surface area contributed by atoms with E-state index in [2.05, 4.69) is 46.5 Å². The standard InChI is InChI=1S/C17H27ClN4/c1-13(2)21-17(19-3)20-12-16(22-9-4-5-10-22)14-7-6-8-15(18)11-14/h6-8,11,13,16H,4-5,9-10,12H2,1-3H3,(H2,19,20,21). The smallest absolute Gasteiger partial charge is 0.191 e. The normalized spacial score (nSPS) is 17.8. The molecule has 1 aliphatic rings. The summed E-state index contributed by atoms with van der Waals surface area (Å²) in [7, 11) is 1.81. The van der Waals surface area contributed by atoms with Gasteiger partial charge in [-0.3, -0.25) is 9.89 Å². The molecule has 0 spiro atoms. The van der Waals surface area contributed by atoms with Gasteiger partial charge in [-0.25, -0.2) is 0 Å². The monoisotopic (exact) mass is 322 g/mol. The van der Waals surface area contributed by atoms with E-state index in [0.29, 0.717) is 12.1 Å². The Morgan fingerprint density at radius 1 is 1.32 bits per heavy atom. The Bertz CT molecular complexity index is 495. The van der Waals surface area contributed by atoms with Gasteiger partial charge in [0, 0.05) is 24.7 Å². The molecule has 1 aliphatic heterocycles. The first-order valence-corrected chi connectivity index (χ1v) is 8.44. The van der Waals surface area contributed by atoms with E-state index in [1.54, 1.807) is 0 Å². The van der Waals surface area contributed by atoms with Crippen LogP contribution >= 0.6 is 11.6 Å². The van der Waals surface area contributed by atoms with Crippen LogP contribution in [-0.4, -0.2) is 43.6 Å². The first-order chi connectivity index (χ1) is 10.6. The maximum absolute atomic E-state index is 6.18. The van der Waals surface area contributed by atoms with Crippen molar-refractivity contribution in [3.05, 3.63) is 34.9 Å². The summed E-state index contributed by atoms with van der Waals surface area (Å²) in [6.45, 7) is 7.35. The van der Waals surface area contributed by atoms with Crippen LogP contribution in [0, 0.1) is 0 Å². The molecule has 2 N–H and O–H groups in total. The van der Waals surface area contributed by atoms with Crippen LogP contribution in [0.5, 0.6) is 0 Å². The third-order valence-corrected chi connectivity index (χ3v) is 4.16. The summed E-state index contributed by atoms with van der Waals surface area (Å²) in [6, 6.07) is 8.88. The molecule has 1 heterocycles. The number of hydrogen-bond donors (Lipinski definition) is 2. The van der Waals surface area contributed by atoms with Gasteiger partial charge in [0.1, 0.15) is 0 Å². The van der Waals surface area contributed by atoms with Crippen molar-refractivity contribution in [1.82, 2.24) is 15.5 Å². The lowest BCUT2D eigenvalue weighted by Gasteiger charge is -2.29. The quantitative estimate of drug-likeness (QED) is 0.646. The molecule has 0 aromatic heterocycles. The van der Waals surface area contributed by atoms with Gasteiger partial charge in [0.25, 0.3) is 0 Å². The molecule has 22 heavy (non-hydrogen) atoms. The summed E-state index contributed by atoms with van der Waals surface area (Å²) in [4.78, 5) is 6.82. The highest BCUT2D eigenvalue weighted by Gasteiger charge is 2.23. The molecule has 2 rings (SSSR count). The van der Waals surface area contributed by atoms with Gasteiger partial charge in [0.2, 0.25) is 0 Å². The molecule has 1 saturated heterocycles. The third kappa shape index (κ3) is 4.89. The van der Waals surface area contributed by atoms with Gasteiger partial charge in [0.05, 0.1) is 6.04 Å². The molecule has 0 bridgehead atoms. The maximum atomic E-state index is 6.18. The Kier molecular flexibility index (Phi) is 6.52. The third-order valence-electron chi connectivity index (χ3n) is 3.93. The van der Waals surface area contributed by atoms with Crippen molar-refractivity contribution in [3.8, 4) is 0 Å². The van der Waals surface area contributed by atoms with Gasteiger partial charge in [-0.2, -0.15) is 0 Å². The highest BCUT2D eigenvalue weighted by molar-refractivity contribution is 6.30. The van der Waals surface area contributed by atoms with E-state index in [1.807, 2.05) is 19.2 Å². The first kappa shape index (κ1) is 17.1. The predicted octanol–water partition coefficient (Wildman–Crippen LogP) is 3.05. The van der Waals surface area contributed by atoms with Gasteiger partial charge in [-0.15, -0.1) is 0 Å². The number of hydrogen-bond acceptors (Lipinski definition) is 2. The molecular formula is C17H27ClN4. The summed E-state index contributed by atoms with van der Waals surface area (Å²) in [5.41, 5.74) is 1.27. The van der Waals surface area contributed by atoms with E-state index in [1.165, 1.54) is 18.4 Å². The second-order valence-corrected chi connectivity index (χ2v) is 6.50. The van der Waals surface area contributed by atoms with E-state index in [9.17, 15) is 0 Å². The minimum absolute atomic E-state index is 0.326. The molecule has 4 nitrogen and oxygen atoms in total. The molecule has 0 amide bonds. The SMILES string of the molecule is CN=C(NCC(c1cccc(Cl)c1)N1CCCC1)NC(C)C. The van der Waals surface area contributed by atoms with Gasteiger partial charge >= 0.3 is 0 Å². The average molecular weight is 323 g/mol. The number of nitrogens with zero attached hydrogens (tertiary/aromatic N) is 2. The number of halogens is 1. The topological polar surface area (TPSA) is 39.7 Å². The number of aliphatic imine (C=N–C) groups is 1. The Morgan fingerprint density at radius 3 is 2.64 bits per heavy atom. The van der Waals surface area contributed by atoms with Crippen molar-refractivity contribution in [2.75, 3.05) is 26.7 Å². The average Bonchev–Trinajstić information content (AvgIpc) is 3.00. The fourth-order valence-corrected chi connectivity index (χ4v) is 3.09. The van der Waals surface area contributed by atoms with E-state index >= 15 is 0 Å². The summed E-state index contributed by atoms with van der Waals surface area (Å²) in [5, 5.41) is 7.58. The van der Waals surface area contributed by atoms with Crippen molar-refractivity contribution >= 4 is 17.6 Å². The van der Waals surface area contributed by atoms with Crippen molar-refractivity contribution in [3.63, 3.8) is 0 Å². The fourth-order valence-electron chi connectivity index (χ4n) is 2.89. The largest absolute Gasteiger partial charge is 0.354 e. The predicted molar refractivity (Wildman–Crippen MR) is 94.6 cm³/mol. The van der Waals surface area contributed by atoms with Crippen molar-refractivity contribution in [2.24, 2.45) is 4.99 Å². The van der Waals surface area contributed by atoms with E-state index in [4.69, 9.17) is 11.6 Å². The van der Waals surface area contributed by atoms with Crippen LogP contribution in [0.2, 0.25) is 5.02 Å². The number of guanidine groups is 1. The van der Waals surface area contributed by atoms with Crippen molar-refractivity contribution in [1.29, 1.82) is 0 Å². The highest BCUT2D eigenvalue weighted by Crippen LogP contribution is 2.26. The lowest BCUT2D eigenvalue weighted by molar-refractivity contribution is 0.245. The molecule has 1 fully saturated rings. The zero-order valence-electron chi connectivity index (χ0n) is 13.8. The van der Waals surface area contributed by atoms with Crippen LogP contribution in [0.25, 0.3) is 0 Å². The summed E-state index contributed by atoms with van der Waals surface area (Å²) in [5.74, 6) is 0.848. The molecule has 0 aliphatic carbocycles. The van der Waals surface area contributed by atoms with E-state index in [-0.39, 0.29) is 0 Å². The first-order valence-electron chi connectivity index (χ1n) is 8.07. The lowest BCUT2D eigenvalue weighted by atomic mass is 10.1. The lowest BCUT2D eigenvalue weighted by Crippen LogP contribution is -2.44. The Hall–Kier alpha value is -1.26. The molecule has 1 aromatic rings. The number of nitrogens with one attached hydrogen (secondary N) is 2. The second kappa shape index (κ2) is 8.39. The van der Waals surface area contributed by atoms with Crippen LogP contribution in [0.1, 0.15) is 38.3 Å². The van der Waals surface area contributed by atoms with Crippen molar-refractivity contribution in [2.45, 2.75) is 38.8 Å². The zero-order valence-corrected chi connectivity index (χ0v) is 14.5. The van der Waals surface area contributed by atoms with Crippen molar-refractivity contribution < 1.29 is 0 Å². The number of likely N-dealkylation sites (tertiary alicyclic amines) is 1. The van der Waals surface area contributed by atoms with E-state index < -0.39 is 0 Å². The van der Waals surface area contributed by atoms with Gasteiger partial charge in [-0.05, 0) is 57.5 Å². The Balaban J connectivity index is 2.08. The van der Waals surface area contributed by atoms with Gasteiger partial charge in [-0.1, -0.05) is 23.7 Å². The Labute approximate surface area is 138 Å². The summed E-state index contributed by atoms with van der Waals surface area (Å²) < 4.78 is 0. The molecule has 5 heteroatoms. The zero-order chi connectivity index (χ0) is 15.9. The molecule has 1 unspecified atom stereocenters. The number of benzene rings is 1. The molecule has 0 radical (unpaired) electrons. The minimum atomic E-state index is 0.326. The molecule has 0 saturated carbocycles. The second-order valence-electron chi connectivity index (χ2n) is 6.07. The molecule has 1 aromatic carbocycles. The fraction of sp³-hybridized carbons (Fsp3) is 0.588. The van der Waals surface area contributed by atoms with E-state index in [0.717, 1.165) is 30.6 Å². The summed E-state index contributed by atoms with van der Waals surface area (Å²) >= 11 is 6.18. The molecule has 122 valence electrons. The Morgan fingerprint density at radius 2 is 2.05 bits per heavy atom. The summed E-state index contributed by atoms with van der Waals surface area (Å²) in [6.07, 6.45) is 2.55. The maximum Gasteiger partial charge on any atom is 0.191 e. The molecular weight excluding hydrogens is 296 g/mol. The highest BCUT2D eigenvalue weighted by atomic mass is 35.5. The van der Waals surface area contributed by atoms with Crippen LogP contribution < -0.4 is 10.6 Å². The van der Waals surface area contributed by atoms with Gasteiger partial charge in [0.15, 0.2) is 5.96 Å². The minimum Gasteiger partial charge on any atom is -0.354 e. The van der Waals surface area contributed by atoms with Crippen LogP contribution in [0.15, 0.2) is 29.3 Å². The van der Waals surface area contributed by atoms with Gasteiger partial charge < -0.3 is 10.6 Å².